The molecule has 21 heavy (non-hydrogen) atoms. The van der Waals surface area contributed by atoms with E-state index < -0.39 is 0 Å². The number of fused-ring (bicyclic) bond motifs is 1. The summed E-state index contributed by atoms with van der Waals surface area (Å²) in [6.45, 7) is 1.32. The van der Waals surface area contributed by atoms with E-state index in [0.29, 0.717) is 11.9 Å². The average molecular weight is 279 g/mol. The molecule has 1 heterocycles. The molecule has 0 fully saturated rings. The molecule has 0 saturated heterocycles. The van der Waals surface area contributed by atoms with Gasteiger partial charge < -0.3 is 5.32 Å². The molecule has 2 aromatic carbocycles. The van der Waals surface area contributed by atoms with Gasteiger partial charge in [-0.15, -0.1) is 0 Å². The average Bonchev–Trinajstić information content (AvgIpc) is 2.55. The van der Waals surface area contributed by atoms with Crippen LogP contribution in [-0.2, 0) is 6.54 Å². The molecule has 0 amide bonds. The van der Waals surface area contributed by atoms with Crippen molar-refractivity contribution in [2.75, 3.05) is 13.6 Å². The zero-order valence-corrected chi connectivity index (χ0v) is 11.9. The number of para-hydroxylation sites is 1. The lowest BCUT2D eigenvalue weighted by atomic mass is 10.2. The molecule has 1 N–H and O–H groups in total. The first kappa shape index (κ1) is 13.5. The molecule has 3 aromatic rings. The molecule has 1 aromatic heterocycles. The van der Waals surface area contributed by atoms with Crippen molar-refractivity contribution in [3.63, 3.8) is 0 Å². The third-order valence-corrected chi connectivity index (χ3v) is 3.48. The van der Waals surface area contributed by atoms with Gasteiger partial charge >= 0.3 is 0 Å². The molecule has 0 aliphatic rings. The molecule has 0 spiro atoms. The molecule has 0 bridgehead atoms. The molecule has 0 radical (unpaired) electrons. The van der Waals surface area contributed by atoms with Gasteiger partial charge in [0.1, 0.15) is 5.82 Å². The number of likely N-dealkylation sites (N-methyl/N-ethyl adjacent to an activating group) is 1. The fourth-order valence-corrected chi connectivity index (χ4v) is 2.41. The topological polar surface area (TPSA) is 46.9 Å². The van der Waals surface area contributed by atoms with Crippen molar-refractivity contribution in [2.45, 2.75) is 6.54 Å². The summed E-state index contributed by atoms with van der Waals surface area (Å²) in [5, 5.41) is 3.74. The van der Waals surface area contributed by atoms with Gasteiger partial charge in [0.05, 0.1) is 10.9 Å². The third kappa shape index (κ3) is 2.58. The quantitative estimate of drug-likeness (QED) is 0.797. The normalized spacial score (nSPS) is 10.9. The number of hydrogen-bond donors (Lipinski definition) is 1. The second-order valence-corrected chi connectivity index (χ2v) is 4.88. The zero-order valence-electron chi connectivity index (χ0n) is 11.9. The highest BCUT2D eigenvalue weighted by molar-refractivity contribution is 5.79. The number of aromatic nitrogens is 2. The molecule has 0 aliphatic carbocycles. The van der Waals surface area contributed by atoms with Gasteiger partial charge in [-0.2, -0.15) is 0 Å². The lowest BCUT2D eigenvalue weighted by Crippen LogP contribution is -2.28. The molecule has 0 aliphatic heterocycles. The van der Waals surface area contributed by atoms with Crippen molar-refractivity contribution in [1.82, 2.24) is 14.9 Å². The largest absolute Gasteiger partial charge is 0.318 e. The van der Waals surface area contributed by atoms with Crippen molar-refractivity contribution in [3.8, 4) is 11.4 Å². The number of benzene rings is 2. The monoisotopic (exact) mass is 279 g/mol. The number of nitrogens with one attached hydrogen (secondary N) is 1. The number of nitrogens with zero attached hydrogens (tertiary/aromatic N) is 2. The van der Waals surface area contributed by atoms with Crippen LogP contribution >= 0.6 is 0 Å². The van der Waals surface area contributed by atoms with Crippen LogP contribution in [0, 0.1) is 0 Å². The first-order valence-electron chi connectivity index (χ1n) is 7.01. The van der Waals surface area contributed by atoms with E-state index in [1.807, 2.05) is 61.6 Å². The smallest absolute Gasteiger partial charge is 0.261 e. The van der Waals surface area contributed by atoms with Crippen molar-refractivity contribution in [1.29, 1.82) is 0 Å². The van der Waals surface area contributed by atoms with Crippen LogP contribution in [0.2, 0.25) is 0 Å². The minimum Gasteiger partial charge on any atom is -0.318 e. The molecule has 4 nitrogen and oxygen atoms in total. The Kier molecular flexibility index (Phi) is 3.79. The molecule has 0 unspecified atom stereocenters. The summed E-state index contributed by atoms with van der Waals surface area (Å²) in [6, 6.07) is 17.3. The fraction of sp³-hybridized carbons (Fsp3) is 0.176. The summed E-state index contributed by atoms with van der Waals surface area (Å²) in [7, 11) is 1.88. The highest BCUT2D eigenvalue weighted by Gasteiger charge is 2.11. The lowest BCUT2D eigenvalue weighted by molar-refractivity contribution is 0.628. The summed E-state index contributed by atoms with van der Waals surface area (Å²) in [5.41, 5.74) is 1.70. The van der Waals surface area contributed by atoms with Crippen LogP contribution in [0.15, 0.2) is 59.4 Å². The van der Waals surface area contributed by atoms with Crippen molar-refractivity contribution < 1.29 is 0 Å². The van der Waals surface area contributed by atoms with E-state index >= 15 is 0 Å². The van der Waals surface area contributed by atoms with E-state index in [-0.39, 0.29) is 5.56 Å². The van der Waals surface area contributed by atoms with Gasteiger partial charge in [0.25, 0.3) is 5.56 Å². The summed E-state index contributed by atoms with van der Waals surface area (Å²) in [5.74, 6) is 0.717. The number of hydrogen-bond acceptors (Lipinski definition) is 3. The first-order valence-corrected chi connectivity index (χ1v) is 7.01. The molecule has 0 atom stereocenters. The van der Waals surface area contributed by atoms with Crippen LogP contribution in [0.4, 0.5) is 0 Å². The Hall–Kier alpha value is -2.46. The van der Waals surface area contributed by atoms with Gasteiger partial charge in [-0.25, -0.2) is 4.98 Å². The SMILES string of the molecule is CNCCn1c(-c2ccccc2)nc2ccccc2c1=O. The summed E-state index contributed by atoms with van der Waals surface area (Å²) in [4.78, 5) is 17.4. The minimum absolute atomic E-state index is 0.00898. The van der Waals surface area contributed by atoms with Crippen LogP contribution in [0.1, 0.15) is 0 Å². The molecule has 106 valence electrons. The Morgan fingerprint density at radius 2 is 1.76 bits per heavy atom. The maximum atomic E-state index is 12.7. The van der Waals surface area contributed by atoms with Gasteiger partial charge in [-0.05, 0) is 19.2 Å². The van der Waals surface area contributed by atoms with Crippen LogP contribution in [0.25, 0.3) is 22.3 Å². The maximum Gasteiger partial charge on any atom is 0.261 e. The standard InChI is InChI=1S/C17H17N3O/c1-18-11-12-20-16(13-7-3-2-4-8-13)19-15-10-6-5-9-14(15)17(20)21/h2-10,18H,11-12H2,1H3. The summed E-state index contributed by atoms with van der Waals surface area (Å²) >= 11 is 0. The van der Waals surface area contributed by atoms with Crippen molar-refractivity contribution >= 4 is 10.9 Å². The molecule has 3 rings (SSSR count). The van der Waals surface area contributed by atoms with E-state index in [9.17, 15) is 4.79 Å². The lowest BCUT2D eigenvalue weighted by Gasteiger charge is -2.13. The predicted molar refractivity (Wildman–Crippen MR) is 85.4 cm³/mol. The Morgan fingerprint density at radius 3 is 2.52 bits per heavy atom. The fourth-order valence-electron chi connectivity index (χ4n) is 2.41. The van der Waals surface area contributed by atoms with E-state index in [1.165, 1.54) is 0 Å². The third-order valence-electron chi connectivity index (χ3n) is 3.48. The summed E-state index contributed by atoms with van der Waals surface area (Å²) < 4.78 is 1.74. The molecular formula is C17H17N3O. The van der Waals surface area contributed by atoms with Gasteiger partial charge in [0.15, 0.2) is 0 Å². The maximum absolute atomic E-state index is 12.7. The molecule has 4 heteroatoms. The first-order chi connectivity index (χ1) is 10.3. The Bertz CT molecular complexity index is 809. The minimum atomic E-state index is 0.00898. The van der Waals surface area contributed by atoms with Gasteiger partial charge in [-0.1, -0.05) is 42.5 Å². The van der Waals surface area contributed by atoms with Crippen LogP contribution < -0.4 is 10.9 Å². The Morgan fingerprint density at radius 1 is 1.05 bits per heavy atom. The van der Waals surface area contributed by atoms with Gasteiger partial charge in [0, 0.05) is 18.7 Å². The number of rotatable bonds is 4. The van der Waals surface area contributed by atoms with E-state index in [4.69, 9.17) is 4.98 Å². The van der Waals surface area contributed by atoms with E-state index in [1.54, 1.807) is 4.57 Å². The summed E-state index contributed by atoms with van der Waals surface area (Å²) in [6.07, 6.45) is 0. The van der Waals surface area contributed by atoms with Gasteiger partial charge in [-0.3, -0.25) is 9.36 Å². The van der Waals surface area contributed by atoms with Crippen LogP contribution in [0.3, 0.4) is 0 Å². The van der Waals surface area contributed by atoms with E-state index in [2.05, 4.69) is 5.32 Å². The second kappa shape index (κ2) is 5.89. The van der Waals surface area contributed by atoms with Crippen LogP contribution in [0.5, 0.6) is 0 Å². The molecular weight excluding hydrogens is 262 g/mol. The van der Waals surface area contributed by atoms with Crippen molar-refractivity contribution in [3.05, 3.63) is 65.0 Å². The van der Waals surface area contributed by atoms with Crippen molar-refractivity contribution in [2.24, 2.45) is 0 Å². The van der Waals surface area contributed by atoms with E-state index in [0.717, 1.165) is 23.4 Å². The highest BCUT2D eigenvalue weighted by Crippen LogP contribution is 2.18. The van der Waals surface area contributed by atoms with Crippen LogP contribution in [-0.4, -0.2) is 23.1 Å². The zero-order chi connectivity index (χ0) is 14.7. The highest BCUT2D eigenvalue weighted by atomic mass is 16.1. The second-order valence-electron chi connectivity index (χ2n) is 4.88. The van der Waals surface area contributed by atoms with Gasteiger partial charge in [0.2, 0.25) is 0 Å². The Balaban J connectivity index is 2.28. The molecule has 0 saturated carbocycles. The predicted octanol–water partition coefficient (Wildman–Crippen LogP) is 2.28. The Labute approximate surface area is 123 Å².